The van der Waals surface area contributed by atoms with Gasteiger partial charge in [0.15, 0.2) is 5.96 Å². The number of hydrogen-bond donors (Lipinski definition) is 15. The standard InChI is InChI=1S/C49H76N14O16/c1-23(2)37(50)45(75)57-26(6)40(70)55-25(5)39(69)56-27(7)41(71)61-32(19-28-13-9-8-10-14-28)47(77)63-18-12-16-33(63)44(74)54-22-34(64)58-30(20-35(65)66)43(73)62-38(24(3)4)46(76)60-31(21-36(67)68)42(72)59-29(48(78)79)15-11-17-53-49(51)52/h8-10,13-14,23-27,29-33,37-38H,11-12,15-22,50H2,1-7H3,(H,54,74)(H,55,70)(H,56,69)(H,57,75)(H,58,64)(H,59,72)(H,60,76)(H,61,71)(H,62,73)(H,65,66)(H,67,68)(H,78,79)(H4,51,52,53)/t25-,26-,27-,29-,30-,31-,32-,33-,37-,38-/m0/s1. The Kier molecular flexibility index (Phi) is 27.3. The highest BCUT2D eigenvalue weighted by molar-refractivity contribution is 5.99. The van der Waals surface area contributed by atoms with Crippen LogP contribution >= 0.6 is 0 Å². The third kappa shape index (κ3) is 23.0. The highest BCUT2D eigenvalue weighted by atomic mass is 16.4. The minimum Gasteiger partial charge on any atom is -0.481 e. The second-order valence-electron chi connectivity index (χ2n) is 19.6. The highest BCUT2D eigenvalue weighted by Crippen LogP contribution is 2.20. The van der Waals surface area contributed by atoms with Gasteiger partial charge in [-0.3, -0.25) is 62.5 Å². The Morgan fingerprint density at radius 3 is 1.61 bits per heavy atom. The Balaban J connectivity index is 2.17. The molecule has 0 radical (unpaired) electrons. The number of hydrogen-bond acceptors (Lipinski definition) is 15. The van der Waals surface area contributed by atoms with Crippen LogP contribution < -0.4 is 65.1 Å². The molecule has 2 rings (SSSR count). The molecule has 0 bridgehead atoms. The summed E-state index contributed by atoms with van der Waals surface area (Å²) in [5, 5.41) is 50.0. The number of aliphatic carboxylic acids is 3. The highest BCUT2D eigenvalue weighted by Gasteiger charge is 2.39. The zero-order valence-electron chi connectivity index (χ0n) is 45.2. The lowest BCUT2D eigenvalue weighted by molar-refractivity contribution is -0.144. The molecule has 1 aliphatic rings. The molecule has 1 heterocycles. The van der Waals surface area contributed by atoms with Gasteiger partial charge in [0.1, 0.15) is 54.4 Å². The van der Waals surface area contributed by atoms with Gasteiger partial charge in [-0.2, -0.15) is 0 Å². The summed E-state index contributed by atoms with van der Waals surface area (Å²) in [5.74, 6) is -14.9. The number of likely N-dealkylation sites (tertiary alicyclic amines) is 1. The molecule has 1 aromatic carbocycles. The van der Waals surface area contributed by atoms with Crippen molar-refractivity contribution in [3.05, 3.63) is 35.9 Å². The van der Waals surface area contributed by atoms with Gasteiger partial charge in [0.2, 0.25) is 59.1 Å². The molecule has 0 saturated carbocycles. The van der Waals surface area contributed by atoms with Gasteiger partial charge in [-0.05, 0) is 63.9 Å². The van der Waals surface area contributed by atoms with Crippen molar-refractivity contribution in [3.63, 3.8) is 0 Å². The van der Waals surface area contributed by atoms with Crippen molar-refractivity contribution < 1.29 is 77.6 Å². The number of guanidine groups is 1. The first kappa shape index (κ1) is 66.7. The van der Waals surface area contributed by atoms with Crippen LogP contribution in [0.2, 0.25) is 0 Å². The van der Waals surface area contributed by atoms with E-state index in [9.17, 15) is 77.6 Å². The van der Waals surface area contributed by atoms with Crippen molar-refractivity contribution >= 4 is 82.9 Å². The molecule has 1 fully saturated rings. The molecular formula is C49H76N14O16. The summed E-state index contributed by atoms with van der Waals surface area (Å²) in [7, 11) is 0. The number of nitrogens with one attached hydrogen (secondary N) is 9. The minimum absolute atomic E-state index is 0.00789. The van der Waals surface area contributed by atoms with Gasteiger partial charge in [0.05, 0.1) is 25.4 Å². The van der Waals surface area contributed by atoms with Crippen LogP contribution in [0.3, 0.4) is 0 Å². The van der Waals surface area contributed by atoms with E-state index in [0.29, 0.717) is 12.0 Å². The van der Waals surface area contributed by atoms with Crippen LogP contribution in [0, 0.1) is 11.8 Å². The topological polar surface area (TPSA) is 485 Å². The van der Waals surface area contributed by atoms with E-state index in [1.807, 2.05) is 0 Å². The molecule has 438 valence electrons. The first-order valence-electron chi connectivity index (χ1n) is 25.4. The van der Waals surface area contributed by atoms with Crippen molar-refractivity contribution in [1.82, 2.24) is 52.8 Å². The van der Waals surface area contributed by atoms with Crippen LogP contribution in [0.15, 0.2) is 35.3 Å². The molecule has 0 spiro atoms. The van der Waals surface area contributed by atoms with E-state index >= 15 is 0 Å². The van der Waals surface area contributed by atoms with Crippen LogP contribution in [-0.2, 0) is 68.7 Å². The van der Waals surface area contributed by atoms with Crippen LogP contribution in [0.5, 0.6) is 0 Å². The summed E-state index contributed by atoms with van der Waals surface area (Å²) in [5.41, 5.74) is 17.0. The van der Waals surface area contributed by atoms with Crippen LogP contribution in [0.25, 0.3) is 0 Å². The Hall–Kier alpha value is -8.44. The number of aliphatic imine (C=N–C) groups is 1. The largest absolute Gasteiger partial charge is 0.481 e. The van der Waals surface area contributed by atoms with Gasteiger partial charge in [-0.1, -0.05) is 58.0 Å². The molecule has 1 aliphatic heterocycles. The molecule has 0 unspecified atom stereocenters. The second-order valence-corrected chi connectivity index (χ2v) is 19.6. The fraction of sp³-hybridized carbons (Fsp3) is 0.592. The maximum Gasteiger partial charge on any atom is 0.326 e. The van der Waals surface area contributed by atoms with Gasteiger partial charge in [-0.25, -0.2) is 4.79 Å². The summed E-state index contributed by atoms with van der Waals surface area (Å²) >= 11 is 0. The van der Waals surface area contributed by atoms with Crippen molar-refractivity contribution in [1.29, 1.82) is 0 Å². The molecule has 10 atom stereocenters. The Morgan fingerprint density at radius 2 is 1.10 bits per heavy atom. The first-order chi connectivity index (χ1) is 36.9. The van der Waals surface area contributed by atoms with Crippen LogP contribution in [0.4, 0.5) is 0 Å². The SMILES string of the molecule is CC(C)[C@H](N)C(=O)N[C@@H](C)C(=O)N[C@@H](C)C(=O)N[C@@H](C)C(=O)N[C@@H](Cc1ccccc1)C(=O)N1CCC[C@H]1C(=O)NCC(=O)N[C@@H](CC(=O)O)C(=O)N[C@H](C(=O)N[C@@H](CC(=O)O)C(=O)N[C@@H](CCCN=C(N)N)C(=O)O)C(C)C. The fourth-order valence-corrected chi connectivity index (χ4v) is 7.72. The number of carboxylic acid groups (broad SMARTS) is 3. The van der Waals surface area contributed by atoms with Gasteiger partial charge in [0.25, 0.3) is 0 Å². The lowest BCUT2D eigenvalue weighted by Gasteiger charge is -2.30. The van der Waals surface area contributed by atoms with Crippen LogP contribution in [0.1, 0.15) is 92.6 Å². The van der Waals surface area contributed by atoms with Gasteiger partial charge < -0.3 is 85.3 Å². The Bertz CT molecular complexity index is 2400. The Morgan fingerprint density at radius 1 is 0.608 bits per heavy atom. The average Bonchev–Trinajstić information content (AvgIpc) is 3.87. The van der Waals surface area contributed by atoms with E-state index in [4.69, 9.17) is 17.2 Å². The normalized spacial score (nSPS) is 16.3. The predicted molar refractivity (Wildman–Crippen MR) is 280 cm³/mol. The van der Waals surface area contributed by atoms with E-state index in [0.717, 1.165) is 0 Å². The van der Waals surface area contributed by atoms with E-state index in [1.165, 1.54) is 39.5 Å². The quantitative estimate of drug-likeness (QED) is 0.0182. The van der Waals surface area contributed by atoms with E-state index in [2.05, 4.69) is 52.8 Å². The molecule has 30 nitrogen and oxygen atoms in total. The molecule has 79 heavy (non-hydrogen) atoms. The van der Waals surface area contributed by atoms with Gasteiger partial charge >= 0.3 is 17.9 Å². The zero-order chi connectivity index (χ0) is 59.8. The molecule has 18 N–H and O–H groups in total. The summed E-state index contributed by atoms with van der Waals surface area (Å²) in [6.45, 7) is 9.67. The van der Waals surface area contributed by atoms with Crippen LogP contribution in [-0.4, -0.2) is 183 Å². The zero-order valence-corrected chi connectivity index (χ0v) is 45.2. The summed E-state index contributed by atoms with van der Waals surface area (Å²) in [6, 6.07) is -5.16. The average molecular weight is 1120 g/mol. The van der Waals surface area contributed by atoms with E-state index in [1.54, 1.807) is 44.2 Å². The summed E-state index contributed by atoms with van der Waals surface area (Å²) < 4.78 is 0. The first-order valence-corrected chi connectivity index (χ1v) is 25.4. The van der Waals surface area contributed by atoms with Gasteiger partial charge in [0, 0.05) is 19.5 Å². The number of carbonyl (C=O) groups excluding carboxylic acids is 10. The summed E-state index contributed by atoms with van der Waals surface area (Å²) in [4.78, 5) is 174. The molecule has 1 aromatic rings. The van der Waals surface area contributed by atoms with Crippen molar-refractivity contribution in [2.75, 3.05) is 19.6 Å². The maximum absolute atomic E-state index is 14.3. The predicted octanol–water partition coefficient (Wildman–Crippen LogP) is -5.00. The molecule has 10 amide bonds. The summed E-state index contributed by atoms with van der Waals surface area (Å²) in [6.07, 6.45) is -1.78. The minimum atomic E-state index is -1.87. The monoisotopic (exact) mass is 1120 g/mol. The second kappa shape index (κ2) is 32.3. The third-order valence-corrected chi connectivity index (χ3v) is 12.3. The lowest BCUT2D eigenvalue weighted by Crippen LogP contribution is -2.60. The molecule has 1 saturated heterocycles. The fourth-order valence-electron chi connectivity index (χ4n) is 7.72. The van der Waals surface area contributed by atoms with E-state index < -0.39 is 163 Å². The van der Waals surface area contributed by atoms with Crippen molar-refractivity contribution in [2.24, 2.45) is 34.0 Å². The molecule has 0 aliphatic carbocycles. The Labute approximate surface area is 455 Å². The smallest absolute Gasteiger partial charge is 0.326 e. The number of rotatable bonds is 32. The van der Waals surface area contributed by atoms with Crippen molar-refractivity contribution in [3.8, 4) is 0 Å². The number of benzene rings is 1. The number of nitrogens with zero attached hydrogens (tertiary/aromatic N) is 2. The van der Waals surface area contributed by atoms with E-state index in [-0.39, 0.29) is 50.7 Å². The number of carbonyl (C=O) groups is 13. The van der Waals surface area contributed by atoms with Crippen molar-refractivity contribution in [2.45, 2.75) is 154 Å². The molecule has 30 heteroatoms. The number of carboxylic acids is 3. The van der Waals surface area contributed by atoms with Gasteiger partial charge in [-0.15, -0.1) is 0 Å². The third-order valence-electron chi connectivity index (χ3n) is 12.3. The molecular weight excluding hydrogens is 1040 g/mol. The lowest BCUT2D eigenvalue weighted by atomic mass is 10.0. The number of amides is 10. The maximum atomic E-state index is 14.3. The number of nitrogens with two attached hydrogens (primary N) is 3. The molecule has 0 aromatic heterocycles.